The summed E-state index contributed by atoms with van der Waals surface area (Å²) in [6, 6.07) is 7.49. The highest BCUT2D eigenvalue weighted by molar-refractivity contribution is 5.78. The Bertz CT molecular complexity index is 571. The summed E-state index contributed by atoms with van der Waals surface area (Å²) in [6.07, 6.45) is 0.00341. The third kappa shape index (κ3) is 4.94. The quantitative estimate of drug-likeness (QED) is 0.783. The lowest BCUT2D eigenvalue weighted by Gasteiger charge is -2.41. The Morgan fingerprint density at radius 1 is 1.33 bits per heavy atom. The first-order valence-electron chi connectivity index (χ1n) is 7.82. The highest BCUT2D eigenvalue weighted by atomic mass is 16.5. The van der Waals surface area contributed by atoms with E-state index in [1.807, 2.05) is 31.2 Å². The van der Waals surface area contributed by atoms with Crippen LogP contribution in [0.15, 0.2) is 24.3 Å². The number of morpholine rings is 1. The van der Waals surface area contributed by atoms with Crippen LogP contribution in [0.1, 0.15) is 12.0 Å². The second-order valence-electron chi connectivity index (χ2n) is 6.02. The highest BCUT2D eigenvalue weighted by Gasteiger charge is 2.40. The van der Waals surface area contributed by atoms with Gasteiger partial charge in [-0.2, -0.15) is 0 Å². The number of rotatable bonds is 7. The predicted molar refractivity (Wildman–Crippen MR) is 87.6 cm³/mol. The molecule has 1 aromatic carbocycles. The number of benzene rings is 1. The normalized spacial score (nSPS) is 20.7. The van der Waals surface area contributed by atoms with Gasteiger partial charge in [0.1, 0.15) is 11.4 Å². The van der Waals surface area contributed by atoms with Gasteiger partial charge in [-0.25, -0.2) is 0 Å². The molecule has 1 heterocycles. The molecule has 1 saturated heterocycles. The molecule has 7 heteroatoms. The van der Waals surface area contributed by atoms with Gasteiger partial charge in [0.2, 0.25) is 5.91 Å². The van der Waals surface area contributed by atoms with Crippen molar-refractivity contribution >= 4 is 11.8 Å². The molecule has 1 fully saturated rings. The number of hydrogen-bond acceptors (Lipinski definition) is 5. The van der Waals surface area contributed by atoms with E-state index in [-0.39, 0.29) is 32.1 Å². The molecule has 132 valence electrons. The fourth-order valence-corrected chi connectivity index (χ4v) is 2.75. The van der Waals surface area contributed by atoms with Crippen molar-refractivity contribution in [2.75, 3.05) is 40.0 Å². The Morgan fingerprint density at radius 2 is 2.04 bits per heavy atom. The van der Waals surface area contributed by atoms with Gasteiger partial charge in [-0.3, -0.25) is 9.59 Å². The maximum Gasteiger partial charge on any atom is 0.260 e. The SMILES string of the molecule is COCC1(CC(N)=O)CN(C(=O)COc2ccc(C)cc2)CCO1. The topological polar surface area (TPSA) is 91.1 Å². The van der Waals surface area contributed by atoms with Crippen molar-refractivity contribution in [1.82, 2.24) is 4.90 Å². The smallest absolute Gasteiger partial charge is 0.260 e. The number of carbonyl (C=O) groups excluding carboxylic acids is 2. The average molecular weight is 336 g/mol. The van der Waals surface area contributed by atoms with Crippen molar-refractivity contribution in [3.8, 4) is 5.75 Å². The molecule has 0 radical (unpaired) electrons. The fraction of sp³-hybridized carbons (Fsp3) is 0.529. The molecule has 0 spiro atoms. The number of nitrogens with two attached hydrogens (primary N) is 1. The molecule has 1 aliphatic heterocycles. The number of ether oxygens (including phenoxy) is 3. The van der Waals surface area contributed by atoms with Crippen molar-refractivity contribution in [2.24, 2.45) is 5.73 Å². The lowest BCUT2D eigenvalue weighted by molar-refractivity contribution is -0.167. The largest absolute Gasteiger partial charge is 0.484 e. The van der Waals surface area contributed by atoms with Gasteiger partial charge in [0.15, 0.2) is 6.61 Å². The molecule has 2 amide bonds. The molecule has 1 unspecified atom stereocenters. The summed E-state index contributed by atoms with van der Waals surface area (Å²) in [5, 5.41) is 0. The zero-order chi connectivity index (χ0) is 17.6. The van der Waals surface area contributed by atoms with Crippen molar-refractivity contribution < 1.29 is 23.8 Å². The van der Waals surface area contributed by atoms with Gasteiger partial charge in [0, 0.05) is 13.7 Å². The van der Waals surface area contributed by atoms with E-state index in [9.17, 15) is 9.59 Å². The molecule has 0 aromatic heterocycles. The minimum atomic E-state index is -0.891. The minimum Gasteiger partial charge on any atom is -0.484 e. The summed E-state index contributed by atoms with van der Waals surface area (Å²) in [4.78, 5) is 25.4. The van der Waals surface area contributed by atoms with E-state index in [4.69, 9.17) is 19.9 Å². The Balaban J connectivity index is 1.95. The summed E-state index contributed by atoms with van der Waals surface area (Å²) in [5.74, 6) is -0.0106. The van der Waals surface area contributed by atoms with Crippen LogP contribution >= 0.6 is 0 Å². The molecule has 24 heavy (non-hydrogen) atoms. The average Bonchev–Trinajstić information content (AvgIpc) is 2.53. The van der Waals surface area contributed by atoms with Crippen molar-refractivity contribution in [3.05, 3.63) is 29.8 Å². The first-order valence-corrected chi connectivity index (χ1v) is 7.82. The van der Waals surface area contributed by atoms with Gasteiger partial charge < -0.3 is 24.8 Å². The third-order valence-corrected chi connectivity index (χ3v) is 3.89. The van der Waals surface area contributed by atoms with Crippen LogP contribution in [0.25, 0.3) is 0 Å². The van der Waals surface area contributed by atoms with Gasteiger partial charge in [-0.1, -0.05) is 17.7 Å². The van der Waals surface area contributed by atoms with Gasteiger partial charge in [0.25, 0.3) is 5.91 Å². The molecule has 2 N–H and O–H groups in total. The number of aryl methyl sites for hydroxylation is 1. The van der Waals surface area contributed by atoms with E-state index in [2.05, 4.69) is 0 Å². The lowest BCUT2D eigenvalue weighted by atomic mass is 9.97. The van der Waals surface area contributed by atoms with E-state index in [1.165, 1.54) is 7.11 Å². The molecule has 2 rings (SSSR count). The zero-order valence-electron chi connectivity index (χ0n) is 14.1. The summed E-state index contributed by atoms with van der Waals surface area (Å²) in [7, 11) is 1.52. The van der Waals surface area contributed by atoms with Gasteiger partial charge >= 0.3 is 0 Å². The van der Waals surface area contributed by atoms with Crippen LogP contribution in [0.3, 0.4) is 0 Å². The van der Waals surface area contributed by atoms with Crippen LogP contribution < -0.4 is 10.5 Å². The first-order chi connectivity index (χ1) is 11.4. The van der Waals surface area contributed by atoms with Crippen LogP contribution in [0.2, 0.25) is 0 Å². The molecular formula is C17H24N2O5. The van der Waals surface area contributed by atoms with E-state index >= 15 is 0 Å². The zero-order valence-corrected chi connectivity index (χ0v) is 14.1. The second kappa shape index (κ2) is 8.12. The number of primary amides is 1. The Kier molecular flexibility index (Phi) is 6.16. The predicted octanol–water partition coefficient (Wildman–Crippen LogP) is 0.493. The number of nitrogens with zero attached hydrogens (tertiary/aromatic N) is 1. The maximum absolute atomic E-state index is 12.4. The second-order valence-corrected chi connectivity index (χ2v) is 6.02. The maximum atomic E-state index is 12.4. The number of methoxy groups -OCH3 is 1. The molecule has 1 aromatic rings. The van der Waals surface area contributed by atoms with Crippen LogP contribution in [0, 0.1) is 6.92 Å². The molecular weight excluding hydrogens is 312 g/mol. The van der Waals surface area contributed by atoms with Crippen LogP contribution in [0.4, 0.5) is 0 Å². The molecule has 0 bridgehead atoms. The lowest BCUT2D eigenvalue weighted by Crippen LogP contribution is -2.58. The Hall–Kier alpha value is -2.12. The number of hydrogen-bond donors (Lipinski definition) is 1. The van der Waals surface area contributed by atoms with E-state index < -0.39 is 11.5 Å². The third-order valence-electron chi connectivity index (χ3n) is 3.89. The first kappa shape index (κ1) is 18.2. The highest BCUT2D eigenvalue weighted by Crippen LogP contribution is 2.23. The number of amides is 2. The Morgan fingerprint density at radius 3 is 2.67 bits per heavy atom. The fourth-order valence-electron chi connectivity index (χ4n) is 2.75. The van der Waals surface area contributed by atoms with Crippen molar-refractivity contribution in [1.29, 1.82) is 0 Å². The number of carbonyl (C=O) groups is 2. The van der Waals surface area contributed by atoms with E-state index in [1.54, 1.807) is 4.90 Å². The molecule has 0 aliphatic carbocycles. The summed E-state index contributed by atoms with van der Waals surface area (Å²) >= 11 is 0. The summed E-state index contributed by atoms with van der Waals surface area (Å²) in [6.45, 7) is 3.13. The van der Waals surface area contributed by atoms with Crippen LogP contribution in [-0.2, 0) is 19.1 Å². The molecule has 1 aliphatic rings. The minimum absolute atomic E-state index is 0.00341. The molecule has 1 atom stereocenters. The van der Waals surface area contributed by atoms with Crippen LogP contribution in [-0.4, -0.2) is 62.3 Å². The van der Waals surface area contributed by atoms with Crippen molar-refractivity contribution in [3.63, 3.8) is 0 Å². The van der Waals surface area contributed by atoms with Gasteiger partial charge in [0.05, 0.1) is 26.2 Å². The van der Waals surface area contributed by atoms with E-state index in [0.717, 1.165) is 5.56 Å². The molecule has 7 nitrogen and oxygen atoms in total. The summed E-state index contributed by atoms with van der Waals surface area (Å²) in [5.41, 5.74) is 5.54. The summed E-state index contributed by atoms with van der Waals surface area (Å²) < 4.78 is 16.4. The standard InChI is InChI=1S/C17H24N2O5/c1-13-3-5-14(6-4-13)23-10-16(21)19-7-8-24-17(11-19,12-22-2)9-15(18)20/h3-6H,7-12H2,1-2H3,(H2,18,20). The van der Waals surface area contributed by atoms with Gasteiger partial charge in [-0.15, -0.1) is 0 Å². The van der Waals surface area contributed by atoms with E-state index in [0.29, 0.717) is 18.9 Å². The Labute approximate surface area is 141 Å². The van der Waals surface area contributed by atoms with Gasteiger partial charge in [-0.05, 0) is 19.1 Å². The van der Waals surface area contributed by atoms with Crippen molar-refractivity contribution in [2.45, 2.75) is 18.9 Å². The monoisotopic (exact) mass is 336 g/mol. The molecule has 0 saturated carbocycles. The van der Waals surface area contributed by atoms with Crippen LogP contribution in [0.5, 0.6) is 5.75 Å².